The zero-order valence-electron chi connectivity index (χ0n) is 15.6. The van der Waals surface area contributed by atoms with Gasteiger partial charge in [0.15, 0.2) is 0 Å². The van der Waals surface area contributed by atoms with Crippen LogP contribution in [0, 0.1) is 11.3 Å². The minimum atomic E-state index is -0.971. The molecule has 1 aliphatic carbocycles. The molecule has 7 rings (SSSR count). The minimum Gasteiger partial charge on any atom is -0.339 e. The summed E-state index contributed by atoms with van der Waals surface area (Å²) < 4.78 is 0. The lowest BCUT2D eigenvalue weighted by molar-refractivity contribution is -0.175. The molecule has 6 heteroatoms. The summed E-state index contributed by atoms with van der Waals surface area (Å²) in [5.41, 5.74) is -1.14. The third-order valence-corrected chi connectivity index (χ3v) is 8.55. The van der Waals surface area contributed by atoms with Crippen molar-refractivity contribution in [3.63, 3.8) is 0 Å². The fourth-order valence-corrected chi connectivity index (χ4v) is 7.27. The molecule has 0 radical (unpaired) electrons. The molecule has 4 saturated heterocycles. The molecule has 5 heterocycles. The first-order chi connectivity index (χ1) is 12.8. The fourth-order valence-electron chi connectivity index (χ4n) is 7.27. The Morgan fingerprint density at radius 2 is 1.89 bits per heavy atom. The third-order valence-electron chi connectivity index (χ3n) is 8.55. The van der Waals surface area contributed by atoms with Crippen LogP contribution >= 0.6 is 0 Å². The van der Waals surface area contributed by atoms with Gasteiger partial charge in [0.25, 0.3) is 0 Å². The molecular formula is C21H23N3O3. The van der Waals surface area contributed by atoms with Crippen LogP contribution in [0.25, 0.3) is 0 Å². The number of amides is 3. The van der Waals surface area contributed by atoms with Gasteiger partial charge in [0, 0.05) is 18.2 Å². The van der Waals surface area contributed by atoms with Crippen molar-refractivity contribution in [2.24, 2.45) is 11.3 Å². The number of fused-ring (bicyclic) bond motifs is 3. The average molecular weight is 365 g/mol. The Morgan fingerprint density at radius 1 is 1.11 bits per heavy atom. The second-order valence-electron chi connectivity index (χ2n) is 9.58. The van der Waals surface area contributed by atoms with Gasteiger partial charge in [0.05, 0.1) is 5.41 Å². The summed E-state index contributed by atoms with van der Waals surface area (Å²) in [5.74, 6) is -0.0875. The summed E-state index contributed by atoms with van der Waals surface area (Å²) in [6.07, 6.45) is 2.60. The molecule has 2 N–H and O–H groups in total. The van der Waals surface area contributed by atoms with E-state index in [-0.39, 0.29) is 23.6 Å². The number of rotatable bonds is 0. The molecule has 6 nitrogen and oxygen atoms in total. The molecule has 4 atom stereocenters. The molecule has 1 aromatic rings. The molecule has 3 amide bonds. The van der Waals surface area contributed by atoms with Crippen molar-refractivity contribution in [2.45, 2.75) is 56.0 Å². The fraction of sp³-hybridized carbons (Fsp3) is 0.571. The van der Waals surface area contributed by atoms with E-state index in [1.807, 2.05) is 29.2 Å². The van der Waals surface area contributed by atoms with Crippen molar-refractivity contribution in [3.05, 3.63) is 29.8 Å². The van der Waals surface area contributed by atoms with E-state index in [1.54, 1.807) is 0 Å². The summed E-state index contributed by atoms with van der Waals surface area (Å²) in [4.78, 5) is 41.9. The van der Waals surface area contributed by atoms with Crippen LogP contribution in [0.3, 0.4) is 0 Å². The van der Waals surface area contributed by atoms with Gasteiger partial charge < -0.3 is 15.5 Å². The summed E-state index contributed by atoms with van der Waals surface area (Å²) in [7, 11) is 0. The maximum Gasteiger partial charge on any atom is 0.249 e. The maximum atomic E-state index is 13.6. The van der Waals surface area contributed by atoms with Crippen molar-refractivity contribution in [3.8, 4) is 0 Å². The lowest BCUT2D eigenvalue weighted by Crippen LogP contribution is -2.81. The highest BCUT2D eigenvalue weighted by Crippen LogP contribution is 2.69. The molecule has 6 aliphatic rings. The first-order valence-electron chi connectivity index (χ1n) is 9.85. The SMILES string of the molecule is CC1(C)[C@H]2C[C@@]34CCCN3C(=O)[C@]2(C[C@]12C(=O)Nc1ccccc12)NC4=O. The Morgan fingerprint density at radius 3 is 2.70 bits per heavy atom. The quantitative estimate of drug-likeness (QED) is 0.732. The molecule has 3 spiro atoms. The van der Waals surface area contributed by atoms with E-state index in [1.165, 1.54) is 0 Å². The van der Waals surface area contributed by atoms with Crippen LogP contribution in [0.15, 0.2) is 24.3 Å². The highest BCUT2D eigenvalue weighted by Gasteiger charge is 2.80. The summed E-state index contributed by atoms with van der Waals surface area (Å²) in [5, 5.41) is 6.20. The molecule has 140 valence electrons. The Hall–Kier alpha value is -2.37. The van der Waals surface area contributed by atoms with Gasteiger partial charge in [-0.05, 0) is 42.7 Å². The largest absolute Gasteiger partial charge is 0.339 e. The Kier molecular flexibility index (Phi) is 2.44. The number of benzene rings is 1. The lowest BCUT2D eigenvalue weighted by Gasteiger charge is -2.59. The van der Waals surface area contributed by atoms with Gasteiger partial charge in [0.2, 0.25) is 17.7 Å². The van der Waals surface area contributed by atoms with Gasteiger partial charge in [-0.15, -0.1) is 0 Å². The number of nitrogens with zero attached hydrogens (tertiary/aromatic N) is 1. The molecular weight excluding hydrogens is 342 g/mol. The van der Waals surface area contributed by atoms with Crippen LogP contribution in [-0.2, 0) is 19.8 Å². The normalized spacial score (nSPS) is 42.8. The smallest absolute Gasteiger partial charge is 0.249 e. The summed E-state index contributed by atoms with van der Waals surface area (Å²) >= 11 is 0. The molecule has 0 aromatic heterocycles. The van der Waals surface area contributed by atoms with Gasteiger partial charge >= 0.3 is 0 Å². The Labute approximate surface area is 157 Å². The highest BCUT2D eigenvalue weighted by atomic mass is 16.2. The predicted molar refractivity (Wildman–Crippen MR) is 97.8 cm³/mol. The van der Waals surface area contributed by atoms with E-state index in [9.17, 15) is 14.4 Å². The topological polar surface area (TPSA) is 78.5 Å². The molecule has 1 aromatic carbocycles. The van der Waals surface area contributed by atoms with E-state index in [0.717, 1.165) is 24.1 Å². The standard InChI is InChI=1S/C21H23N3O3/c1-18(2)14-10-19-8-5-9-24(19)17(27)21(14,23-15(19)25)11-20(18)12-6-3-4-7-13(12)22-16(20)26/h3-4,6-7,14H,5,8-11H2,1-2H3,(H,22,26)(H,23,25)/t14-,19-,20+,21-/m1/s1. The van der Waals surface area contributed by atoms with E-state index in [4.69, 9.17) is 0 Å². The molecule has 2 bridgehead atoms. The molecule has 1 saturated carbocycles. The van der Waals surface area contributed by atoms with Gasteiger partial charge in [0.1, 0.15) is 11.1 Å². The maximum absolute atomic E-state index is 13.6. The Bertz CT molecular complexity index is 956. The van der Waals surface area contributed by atoms with Crippen molar-refractivity contribution in [1.29, 1.82) is 0 Å². The van der Waals surface area contributed by atoms with Gasteiger partial charge in [-0.2, -0.15) is 0 Å². The Balaban J connectivity index is 1.61. The zero-order chi connectivity index (χ0) is 18.8. The van der Waals surface area contributed by atoms with Crippen LogP contribution in [-0.4, -0.2) is 40.2 Å². The zero-order valence-corrected chi connectivity index (χ0v) is 15.6. The van der Waals surface area contributed by atoms with Crippen molar-refractivity contribution in [1.82, 2.24) is 10.2 Å². The van der Waals surface area contributed by atoms with Gasteiger partial charge in [-0.25, -0.2) is 0 Å². The van der Waals surface area contributed by atoms with Crippen LogP contribution in [0.2, 0.25) is 0 Å². The second-order valence-corrected chi connectivity index (χ2v) is 9.58. The first-order valence-corrected chi connectivity index (χ1v) is 9.85. The number of nitrogens with one attached hydrogen (secondary N) is 2. The van der Waals surface area contributed by atoms with Crippen LogP contribution < -0.4 is 10.6 Å². The van der Waals surface area contributed by atoms with E-state index in [0.29, 0.717) is 19.4 Å². The van der Waals surface area contributed by atoms with E-state index in [2.05, 4.69) is 24.5 Å². The van der Waals surface area contributed by atoms with Crippen molar-refractivity contribution < 1.29 is 14.4 Å². The van der Waals surface area contributed by atoms with E-state index >= 15 is 0 Å². The summed E-state index contributed by atoms with van der Waals surface area (Å²) in [6, 6.07) is 7.79. The number of para-hydroxylation sites is 1. The number of piperidine rings is 2. The highest BCUT2D eigenvalue weighted by molar-refractivity contribution is 6.11. The van der Waals surface area contributed by atoms with Crippen molar-refractivity contribution >= 4 is 23.4 Å². The number of piperazine rings is 1. The van der Waals surface area contributed by atoms with Gasteiger partial charge in [-0.1, -0.05) is 32.0 Å². The minimum absolute atomic E-state index is 0.0182. The van der Waals surface area contributed by atoms with E-state index < -0.39 is 21.9 Å². The third kappa shape index (κ3) is 1.35. The van der Waals surface area contributed by atoms with Crippen LogP contribution in [0.4, 0.5) is 5.69 Å². The monoisotopic (exact) mass is 365 g/mol. The van der Waals surface area contributed by atoms with Crippen molar-refractivity contribution in [2.75, 3.05) is 11.9 Å². The number of hydrogen-bond donors (Lipinski definition) is 2. The number of hydrogen-bond acceptors (Lipinski definition) is 3. The number of anilines is 1. The summed E-state index contributed by atoms with van der Waals surface area (Å²) in [6.45, 7) is 4.88. The molecule has 0 unspecified atom stereocenters. The van der Waals surface area contributed by atoms with Crippen LogP contribution in [0.1, 0.15) is 45.1 Å². The lowest BCUT2D eigenvalue weighted by atomic mass is 9.57. The predicted octanol–water partition coefficient (Wildman–Crippen LogP) is 1.56. The molecule has 5 aliphatic heterocycles. The average Bonchev–Trinajstić information content (AvgIpc) is 3.24. The number of carbonyl (C=O) groups excluding carboxylic acids is 3. The number of carbonyl (C=O) groups is 3. The molecule has 5 fully saturated rings. The van der Waals surface area contributed by atoms with Gasteiger partial charge in [-0.3, -0.25) is 14.4 Å². The molecule has 27 heavy (non-hydrogen) atoms. The van der Waals surface area contributed by atoms with Crippen LogP contribution in [0.5, 0.6) is 0 Å². The first kappa shape index (κ1) is 15.7. The second kappa shape index (κ2) is 4.21.